The van der Waals surface area contributed by atoms with Crippen molar-refractivity contribution in [2.75, 3.05) is 13.1 Å². The molecule has 0 unspecified atom stereocenters. The van der Waals surface area contributed by atoms with Crippen LogP contribution in [0.3, 0.4) is 0 Å². The van der Waals surface area contributed by atoms with Gasteiger partial charge in [0.1, 0.15) is 5.60 Å². The summed E-state index contributed by atoms with van der Waals surface area (Å²) in [7, 11) is 0. The Hall–Kier alpha value is -3.09. The molecule has 8 rings (SSSR count). The highest BCUT2D eigenvalue weighted by molar-refractivity contribution is 5.99. The van der Waals surface area contributed by atoms with Crippen molar-refractivity contribution in [3.05, 3.63) is 118 Å². The Balaban J connectivity index is 1.28. The van der Waals surface area contributed by atoms with Gasteiger partial charge in [0.2, 0.25) is 0 Å². The monoisotopic (exact) mass is 689 g/mol. The molecule has 3 fully saturated rings. The minimum Gasteiger partial charge on any atom is -0.393 e. The topological polar surface area (TPSA) is 81.0 Å². The average molecular weight is 690 g/mol. The van der Waals surface area contributed by atoms with Crippen LogP contribution >= 0.6 is 0 Å². The second-order valence-electron chi connectivity index (χ2n) is 16.8. The zero-order valence-corrected chi connectivity index (χ0v) is 30.9. The van der Waals surface area contributed by atoms with Crippen molar-refractivity contribution in [1.29, 1.82) is 0 Å². The molecular formula is C46H59NO4. The molecule has 1 saturated heterocycles. The number of ketones is 1. The molecule has 1 heterocycles. The van der Waals surface area contributed by atoms with Gasteiger partial charge >= 0.3 is 0 Å². The summed E-state index contributed by atoms with van der Waals surface area (Å²) >= 11 is 0. The number of nitrogens with zero attached hydrogens (tertiary/aromatic N) is 1. The number of carbonyl (C=O) groups excluding carboxylic acids is 1. The lowest BCUT2D eigenvalue weighted by molar-refractivity contribution is -0.101. The van der Waals surface area contributed by atoms with E-state index >= 15 is 0 Å². The number of hydrogen-bond acceptors (Lipinski definition) is 5. The van der Waals surface area contributed by atoms with Crippen LogP contribution in [0.4, 0.5) is 0 Å². The van der Waals surface area contributed by atoms with Crippen LogP contribution in [0.5, 0.6) is 0 Å². The van der Waals surface area contributed by atoms with Gasteiger partial charge in [-0.25, -0.2) is 0 Å². The van der Waals surface area contributed by atoms with Crippen molar-refractivity contribution in [2.45, 2.75) is 133 Å². The molecule has 0 aromatic heterocycles. The quantitative estimate of drug-likeness (QED) is 0.171. The van der Waals surface area contributed by atoms with Gasteiger partial charge in [0, 0.05) is 29.5 Å². The van der Waals surface area contributed by atoms with E-state index in [4.69, 9.17) is 0 Å². The normalized spacial score (nSPS) is 29.7. The van der Waals surface area contributed by atoms with E-state index in [1.165, 1.54) is 12.0 Å². The molecular weight excluding hydrogens is 631 g/mol. The number of rotatable bonds is 7. The van der Waals surface area contributed by atoms with Gasteiger partial charge in [-0.2, -0.15) is 0 Å². The van der Waals surface area contributed by atoms with E-state index in [0.29, 0.717) is 25.8 Å². The van der Waals surface area contributed by atoms with E-state index in [-0.39, 0.29) is 23.7 Å². The van der Waals surface area contributed by atoms with E-state index in [9.17, 15) is 20.1 Å². The zero-order chi connectivity index (χ0) is 35.6. The van der Waals surface area contributed by atoms with Gasteiger partial charge in [0.25, 0.3) is 0 Å². The highest BCUT2D eigenvalue weighted by Gasteiger charge is 2.59. The molecule has 0 spiro atoms. The van der Waals surface area contributed by atoms with Gasteiger partial charge in [0.05, 0.1) is 11.7 Å². The second kappa shape index (κ2) is 15.1. The first-order chi connectivity index (χ1) is 24.6. The summed E-state index contributed by atoms with van der Waals surface area (Å²) in [5, 5.41) is 37.1. The van der Waals surface area contributed by atoms with Crippen LogP contribution in [-0.4, -0.2) is 56.8 Å². The maximum absolute atomic E-state index is 14.5. The van der Waals surface area contributed by atoms with E-state index in [1.807, 2.05) is 60.7 Å². The predicted molar refractivity (Wildman–Crippen MR) is 205 cm³/mol. The van der Waals surface area contributed by atoms with E-state index in [0.717, 1.165) is 98.6 Å². The Bertz CT molecular complexity index is 1640. The van der Waals surface area contributed by atoms with Crippen molar-refractivity contribution in [2.24, 2.45) is 11.3 Å². The SMILES string of the molecule is CC1=CCC[C@@]2(C)[C@@H](CC[C@@]2(O)CN2CCC[C@@H]2C(O)(c2ccccc2)c2ccccc2)c2ccc(cc2C(=O)C2CCCCC2)C[C@@H](O)CC1. The van der Waals surface area contributed by atoms with Crippen molar-refractivity contribution in [3.8, 4) is 0 Å². The van der Waals surface area contributed by atoms with Crippen LogP contribution in [0.15, 0.2) is 90.5 Å². The van der Waals surface area contributed by atoms with Crippen molar-refractivity contribution >= 4 is 5.78 Å². The number of likely N-dealkylation sites (tertiary alicyclic amines) is 1. The smallest absolute Gasteiger partial charge is 0.166 e. The molecule has 5 atom stereocenters. The minimum atomic E-state index is -1.22. The molecule has 4 aliphatic carbocycles. The fourth-order valence-corrected chi connectivity index (χ4v) is 10.6. The Kier molecular flexibility index (Phi) is 10.7. The Morgan fingerprint density at radius 3 is 2.24 bits per heavy atom. The number of aliphatic hydroxyl groups is 3. The van der Waals surface area contributed by atoms with Gasteiger partial charge in [-0.3, -0.25) is 9.69 Å². The first kappa shape index (κ1) is 36.3. The third-order valence-electron chi connectivity index (χ3n) is 13.7. The van der Waals surface area contributed by atoms with Gasteiger partial charge < -0.3 is 15.3 Å². The molecule has 5 nitrogen and oxygen atoms in total. The number of hydrogen-bond donors (Lipinski definition) is 3. The van der Waals surface area contributed by atoms with Gasteiger partial charge in [-0.1, -0.05) is 111 Å². The number of Topliss-reactive ketones (excluding diaryl/α,β-unsaturated/α-hetero) is 1. The summed E-state index contributed by atoms with van der Waals surface area (Å²) in [5.41, 5.74) is 3.24. The van der Waals surface area contributed by atoms with E-state index < -0.39 is 22.7 Å². The molecule has 3 N–H and O–H groups in total. The lowest BCUT2D eigenvalue weighted by Gasteiger charge is -2.48. The molecule has 1 aliphatic heterocycles. The van der Waals surface area contributed by atoms with E-state index in [2.05, 4.69) is 43.0 Å². The van der Waals surface area contributed by atoms with Gasteiger partial charge in [0.15, 0.2) is 5.78 Å². The molecule has 3 aromatic carbocycles. The predicted octanol–water partition coefficient (Wildman–Crippen LogP) is 8.89. The number of carbonyl (C=O) groups is 1. The molecule has 0 amide bonds. The third kappa shape index (κ3) is 7.04. The summed E-state index contributed by atoms with van der Waals surface area (Å²) in [6, 6.07) is 26.4. The molecule has 5 heteroatoms. The van der Waals surface area contributed by atoms with Crippen LogP contribution < -0.4 is 0 Å². The number of benzene rings is 3. The Morgan fingerprint density at radius 1 is 0.863 bits per heavy atom. The van der Waals surface area contributed by atoms with Crippen LogP contribution in [-0.2, 0) is 12.0 Å². The molecule has 272 valence electrons. The number of fused-ring (bicyclic) bond motifs is 8. The molecule has 0 radical (unpaired) electrons. The standard InChI is InChI=1S/C46H59NO4/c1-33-14-12-27-44(2)41(39-25-23-34(30-38(48)24-22-33)31-40(39)43(49)35-15-6-3-7-16-35)26-28-45(44,50)32-47-29-13-21-42(47)46(51,36-17-8-4-9-18-36)37-19-10-5-11-20-37/h4-5,8-11,14,17-20,23,25,31,35,38,41-42,48,50-51H,3,6-7,12-13,15-16,21-22,24,26-30,32H2,1-2H3/t38-,41-,42+,44-,45+/m0/s1. The highest BCUT2D eigenvalue weighted by Crippen LogP contribution is 2.59. The second-order valence-corrected chi connectivity index (χ2v) is 16.8. The lowest BCUT2D eigenvalue weighted by Crippen LogP contribution is -2.57. The summed E-state index contributed by atoms with van der Waals surface area (Å²) < 4.78 is 0. The maximum Gasteiger partial charge on any atom is 0.166 e. The van der Waals surface area contributed by atoms with E-state index in [1.54, 1.807) is 0 Å². The molecule has 3 aromatic rings. The van der Waals surface area contributed by atoms with Crippen LogP contribution in [0, 0.1) is 11.3 Å². The Morgan fingerprint density at radius 2 is 1.55 bits per heavy atom. The fourth-order valence-electron chi connectivity index (χ4n) is 10.6. The average Bonchev–Trinajstić information content (AvgIpc) is 3.72. The first-order valence-corrected chi connectivity index (χ1v) is 19.9. The number of β-amino-alcohol motifs (C(OH)–C–C–N with tert-alkyl or cyclic N) is 1. The van der Waals surface area contributed by atoms with Crippen LogP contribution in [0.2, 0.25) is 0 Å². The van der Waals surface area contributed by atoms with Crippen molar-refractivity contribution in [3.63, 3.8) is 0 Å². The summed E-state index contributed by atoms with van der Waals surface area (Å²) in [6.45, 7) is 5.75. The largest absolute Gasteiger partial charge is 0.393 e. The Labute approximate surface area is 305 Å². The van der Waals surface area contributed by atoms with Crippen LogP contribution in [0.25, 0.3) is 0 Å². The number of aliphatic hydroxyl groups excluding tert-OH is 1. The lowest BCUT2D eigenvalue weighted by atomic mass is 9.64. The van der Waals surface area contributed by atoms with Crippen molar-refractivity contribution < 1.29 is 20.1 Å². The summed E-state index contributed by atoms with van der Waals surface area (Å²) in [5.74, 6) is 0.327. The summed E-state index contributed by atoms with van der Waals surface area (Å²) in [6.07, 6.45) is 14.1. The summed E-state index contributed by atoms with van der Waals surface area (Å²) in [4.78, 5) is 16.8. The van der Waals surface area contributed by atoms with Crippen LogP contribution in [0.1, 0.15) is 136 Å². The zero-order valence-electron chi connectivity index (χ0n) is 30.9. The molecule has 2 bridgehead atoms. The minimum absolute atomic E-state index is 0.0174. The fraction of sp³-hybridized carbons (Fsp3) is 0.543. The third-order valence-corrected chi connectivity index (χ3v) is 13.7. The van der Waals surface area contributed by atoms with Gasteiger partial charge in [-0.05, 0) is 118 Å². The molecule has 51 heavy (non-hydrogen) atoms. The molecule has 5 aliphatic rings. The first-order valence-electron chi connectivity index (χ1n) is 19.9. The van der Waals surface area contributed by atoms with Gasteiger partial charge in [-0.15, -0.1) is 0 Å². The highest BCUT2D eigenvalue weighted by atomic mass is 16.3. The maximum atomic E-state index is 14.5. The van der Waals surface area contributed by atoms with Crippen molar-refractivity contribution in [1.82, 2.24) is 4.90 Å². The number of allylic oxidation sites excluding steroid dienone is 2. The molecule has 2 saturated carbocycles.